The molecule has 0 amide bonds. The number of benzene rings is 2. The summed E-state index contributed by atoms with van der Waals surface area (Å²) in [7, 11) is 0. The standard InChI is InChI=1S/C14H12ClN5/c15-12-7-6-11(9-16)13(8-12)20-18-14(17-19-20)10-4-2-1-3-5-10/h1-8H,9,16H2. The van der Waals surface area contributed by atoms with Crippen LogP contribution in [0.2, 0.25) is 5.02 Å². The van der Waals surface area contributed by atoms with Crippen LogP contribution in [0.5, 0.6) is 0 Å². The summed E-state index contributed by atoms with van der Waals surface area (Å²) in [5.74, 6) is 0.563. The van der Waals surface area contributed by atoms with Gasteiger partial charge < -0.3 is 5.73 Å². The third-order valence-electron chi connectivity index (χ3n) is 2.93. The topological polar surface area (TPSA) is 69.6 Å². The lowest BCUT2D eigenvalue weighted by Crippen LogP contribution is -2.07. The molecule has 0 unspecified atom stereocenters. The highest BCUT2D eigenvalue weighted by molar-refractivity contribution is 6.30. The molecule has 1 aromatic heterocycles. The Balaban J connectivity index is 2.04. The average Bonchev–Trinajstić information content (AvgIpc) is 2.98. The molecule has 5 nitrogen and oxygen atoms in total. The van der Waals surface area contributed by atoms with Crippen LogP contribution in [0.3, 0.4) is 0 Å². The van der Waals surface area contributed by atoms with Gasteiger partial charge in [0, 0.05) is 17.1 Å². The van der Waals surface area contributed by atoms with Crippen molar-refractivity contribution in [3.63, 3.8) is 0 Å². The van der Waals surface area contributed by atoms with Crippen LogP contribution in [0.15, 0.2) is 48.5 Å². The summed E-state index contributed by atoms with van der Waals surface area (Å²) >= 11 is 6.02. The molecule has 0 aliphatic heterocycles. The van der Waals surface area contributed by atoms with Gasteiger partial charge >= 0.3 is 0 Å². The lowest BCUT2D eigenvalue weighted by Gasteiger charge is -2.05. The number of nitrogens with zero attached hydrogens (tertiary/aromatic N) is 4. The van der Waals surface area contributed by atoms with Crippen LogP contribution in [0, 0.1) is 0 Å². The van der Waals surface area contributed by atoms with E-state index < -0.39 is 0 Å². The summed E-state index contributed by atoms with van der Waals surface area (Å²) in [5.41, 5.74) is 8.29. The maximum Gasteiger partial charge on any atom is 0.205 e. The monoisotopic (exact) mass is 285 g/mol. The minimum absolute atomic E-state index is 0.384. The molecule has 0 saturated heterocycles. The fourth-order valence-corrected chi connectivity index (χ4v) is 2.08. The smallest absolute Gasteiger partial charge is 0.205 e. The second-order valence-corrected chi connectivity index (χ2v) is 4.68. The fraction of sp³-hybridized carbons (Fsp3) is 0.0714. The van der Waals surface area contributed by atoms with Gasteiger partial charge in [-0.05, 0) is 22.9 Å². The molecule has 0 atom stereocenters. The summed E-state index contributed by atoms with van der Waals surface area (Å²) in [5, 5.41) is 13.1. The Morgan fingerprint density at radius 1 is 1.10 bits per heavy atom. The molecular formula is C14H12ClN5. The van der Waals surface area contributed by atoms with Crippen molar-refractivity contribution in [2.45, 2.75) is 6.54 Å². The third kappa shape index (κ3) is 2.41. The number of rotatable bonds is 3. The van der Waals surface area contributed by atoms with Gasteiger partial charge in [-0.15, -0.1) is 15.0 Å². The van der Waals surface area contributed by atoms with Crippen LogP contribution in [0.25, 0.3) is 17.1 Å². The molecule has 6 heteroatoms. The summed E-state index contributed by atoms with van der Waals surface area (Å²) in [6.07, 6.45) is 0. The molecule has 0 aliphatic carbocycles. The first-order chi connectivity index (χ1) is 9.78. The number of hydrogen-bond acceptors (Lipinski definition) is 4. The molecular weight excluding hydrogens is 274 g/mol. The maximum atomic E-state index is 6.02. The zero-order valence-electron chi connectivity index (χ0n) is 10.6. The molecule has 20 heavy (non-hydrogen) atoms. The van der Waals surface area contributed by atoms with Crippen LogP contribution >= 0.6 is 11.6 Å². The number of hydrogen-bond donors (Lipinski definition) is 1. The second-order valence-electron chi connectivity index (χ2n) is 4.25. The molecule has 2 N–H and O–H groups in total. The normalized spacial score (nSPS) is 10.7. The highest BCUT2D eigenvalue weighted by Crippen LogP contribution is 2.20. The van der Waals surface area contributed by atoms with Gasteiger partial charge in [-0.2, -0.15) is 0 Å². The molecule has 0 saturated carbocycles. The minimum atomic E-state index is 0.384. The maximum absolute atomic E-state index is 6.02. The minimum Gasteiger partial charge on any atom is -0.326 e. The van der Waals surface area contributed by atoms with E-state index in [0.717, 1.165) is 16.8 Å². The van der Waals surface area contributed by atoms with Gasteiger partial charge in [-0.1, -0.05) is 48.0 Å². The van der Waals surface area contributed by atoms with Gasteiger partial charge in [-0.3, -0.25) is 0 Å². The molecule has 100 valence electrons. The predicted octanol–water partition coefficient (Wildman–Crippen LogP) is 2.44. The quantitative estimate of drug-likeness (QED) is 0.802. The van der Waals surface area contributed by atoms with E-state index in [1.165, 1.54) is 4.80 Å². The molecule has 3 aromatic rings. The fourth-order valence-electron chi connectivity index (χ4n) is 1.91. The lowest BCUT2D eigenvalue weighted by atomic mass is 10.2. The van der Waals surface area contributed by atoms with E-state index in [2.05, 4.69) is 15.4 Å². The van der Waals surface area contributed by atoms with E-state index in [1.807, 2.05) is 36.4 Å². The Morgan fingerprint density at radius 2 is 1.90 bits per heavy atom. The summed E-state index contributed by atoms with van der Waals surface area (Å²) in [4.78, 5) is 1.45. The van der Waals surface area contributed by atoms with Crippen LogP contribution in [-0.4, -0.2) is 20.2 Å². The van der Waals surface area contributed by atoms with Crippen LogP contribution in [0.4, 0.5) is 0 Å². The van der Waals surface area contributed by atoms with Crippen LogP contribution < -0.4 is 5.73 Å². The van der Waals surface area contributed by atoms with Crippen molar-refractivity contribution in [3.05, 3.63) is 59.1 Å². The van der Waals surface area contributed by atoms with Gasteiger partial charge in [0.15, 0.2) is 0 Å². The molecule has 0 spiro atoms. The van der Waals surface area contributed by atoms with Crippen molar-refractivity contribution in [3.8, 4) is 17.1 Å². The summed E-state index contributed by atoms with van der Waals surface area (Å²) < 4.78 is 0. The van der Waals surface area contributed by atoms with Crippen molar-refractivity contribution in [2.24, 2.45) is 5.73 Å². The van der Waals surface area contributed by atoms with Crippen molar-refractivity contribution in [1.29, 1.82) is 0 Å². The highest BCUT2D eigenvalue weighted by Gasteiger charge is 2.10. The molecule has 0 fully saturated rings. The molecule has 0 aliphatic rings. The number of aromatic nitrogens is 4. The second kappa shape index (κ2) is 5.40. The molecule has 0 bridgehead atoms. The summed E-state index contributed by atoms with van der Waals surface area (Å²) in [6, 6.07) is 15.1. The van der Waals surface area contributed by atoms with Crippen molar-refractivity contribution >= 4 is 11.6 Å². The molecule has 2 aromatic carbocycles. The van der Waals surface area contributed by atoms with Crippen molar-refractivity contribution < 1.29 is 0 Å². The Kier molecular flexibility index (Phi) is 3.45. The number of tetrazole rings is 1. The Bertz CT molecular complexity index is 723. The van der Waals surface area contributed by atoms with Gasteiger partial charge in [0.1, 0.15) is 0 Å². The van der Waals surface area contributed by atoms with Gasteiger partial charge in [-0.25, -0.2) is 0 Å². The zero-order chi connectivity index (χ0) is 13.9. The predicted molar refractivity (Wildman–Crippen MR) is 77.5 cm³/mol. The third-order valence-corrected chi connectivity index (χ3v) is 3.16. The molecule has 3 rings (SSSR count). The van der Waals surface area contributed by atoms with Gasteiger partial charge in [0.2, 0.25) is 5.82 Å². The average molecular weight is 286 g/mol. The highest BCUT2D eigenvalue weighted by atomic mass is 35.5. The Morgan fingerprint density at radius 3 is 2.65 bits per heavy atom. The number of halogens is 1. The SMILES string of the molecule is NCc1ccc(Cl)cc1-n1nnc(-c2ccccc2)n1. The van der Waals surface area contributed by atoms with Crippen molar-refractivity contribution in [2.75, 3.05) is 0 Å². The molecule has 0 radical (unpaired) electrons. The largest absolute Gasteiger partial charge is 0.326 e. The van der Waals surface area contributed by atoms with Gasteiger partial charge in [0.05, 0.1) is 5.69 Å². The van der Waals surface area contributed by atoms with E-state index in [4.69, 9.17) is 17.3 Å². The van der Waals surface area contributed by atoms with Gasteiger partial charge in [0.25, 0.3) is 0 Å². The first-order valence-corrected chi connectivity index (χ1v) is 6.50. The van der Waals surface area contributed by atoms with E-state index in [9.17, 15) is 0 Å². The number of nitrogens with two attached hydrogens (primary N) is 1. The summed E-state index contributed by atoms with van der Waals surface area (Å²) in [6.45, 7) is 0.384. The van der Waals surface area contributed by atoms with Crippen LogP contribution in [-0.2, 0) is 6.54 Å². The van der Waals surface area contributed by atoms with E-state index in [-0.39, 0.29) is 0 Å². The first kappa shape index (κ1) is 12.8. The van der Waals surface area contributed by atoms with E-state index in [1.54, 1.807) is 12.1 Å². The Hall–Kier alpha value is -2.24. The van der Waals surface area contributed by atoms with E-state index in [0.29, 0.717) is 17.4 Å². The van der Waals surface area contributed by atoms with Crippen LogP contribution in [0.1, 0.15) is 5.56 Å². The lowest BCUT2D eigenvalue weighted by molar-refractivity contribution is 0.711. The zero-order valence-corrected chi connectivity index (χ0v) is 11.3. The van der Waals surface area contributed by atoms with Crippen molar-refractivity contribution in [1.82, 2.24) is 20.2 Å². The van der Waals surface area contributed by atoms with E-state index >= 15 is 0 Å². The first-order valence-electron chi connectivity index (χ1n) is 6.12. The molecule has 1 heterocycles. The Labute approximate surface area is 121 Å².